The third-order valence-electron chi connectivity index (χ3n) is 2.80. The number of aromatic nitrogens is 1. The van der Waals surface area contributed by atoms with Crippen LogP contribution in [0.5, 0.6) is 0 Å². The van der Waals surface area contributed by atoms with Gasteiger partial charge in [0.15, 0.2) is 0 Å². The second kappa shape index (κ2) is 3.63. The maximum absolute atomic E-state index is 5.90. The Morgan fingerprint density at radius 2 is 1.93 bits per heavy atom. The van der Waals surface area contributed by atoms with E-state index in [0.29, 0.717) is 0 Å². The lowest BCUT2D eigenvalue weighted by atomic mass is 10.00. The molecule has 1 aromatic carbocycles. The molecular formula is C13H16N2. The molecule has 15 heavy (non-hydrogen) atoms. The molecule has 0 aliphatic rings. The zero-order chi connectivity index (χ0) is 11.0. The summed E-state index contributed by atoms with van der Waals surface area (Å²) in [5.41, 5.74) is 10.6. The molecule has 2 N–H and O–H groups in total. The van der Waals surface area contributed by atoms with Gasteiger partial charge in [-0.2, -0.15) is 0 Å². The topological polar surface area (TPSA) is 38.9 Å². The molecule has 1 heterocycles. The van der Waals surface area contributed by atoms with E-state index in [1.165, 1.54) is 22.1 Å². The van der Waals surface area contributed by atoms with Gasteiger partial charge in [-0.25, -0.2) is 0 Å². The molecule has 0 saturated heterocycles. The van der Waals surface area contributed by atoms with Gasteiger partial charge in [0, 0.05) is 17.6 Å². The Bertz CT molecular complexity index is 501. The first-order chi connectivity index (χ1) is 7.09. The van der Waals surface area contributed by atoms with E-state index in [2.05, 4.69) is 31.0 Å². The fourth-order valence-corrected chi connectivity index (χ4v) is 1.86. The predicted octanol–water partition coefficient (Wildman–Crippen LogP) is 2.87. The second-order valence-corrected chi connectivity index (χ2v) is 4.15. The van der Waals surface area contributed by atoms with Crippen molar-refractivity contribution in [2.45, 2.75) is 26.8 Å². The van der Waals surface area contributed by atoms with Crippen LogP contribution in [0.4, 0.5) is 0 Å². The van der Waals surface area contributed by atoms with E-state index in [1.54, 1.807) is 0 Å². The molecule has 0 aliphatic carbocycles. The predicted molar refractivity (Wildman–Crippen MR) is 63.8 cm³/mol. The summed E-state index contributed by atoms with van der Waals surface area (Å²) in [5, 5.41) is 1.21. The van der Waals surface area contributed by atoms with E-state index < -0.39 is 0 Å². The summed E-state index contributed by atoms with van der Waals surface area (Å²) in [7, 11) is 0. The molecule has 2 heteroatoms. The molecule has 0 fully saturated rings. The van der Waals surface area contributed by atoms with Crippen LogP contribution in [-0.4, -0.2) is 4.98 Å². The minimum absolute atomic E-state index is 0.0766. The lowest BCUT2D eigenvalue weighted by molar-refractivity contribution is 0.818. The third-order valence-corrected chi connectivity index (χ3v) is 2.80. The monoisotopic (exact) mass is 200 g/mol. The van der Waals surface area contributed by atoms with E-state index in [4.69, 9.17) is 5.73 Å². The van der Waals surface area contributed by atoms with Crippen molar-refractivity contribution in [2.75, 3.05) is 0 Å². The highest BCUT2D eigenvalue weighted by molar-refractivity contribution is 5.85. The van der Waals surface area contributed by atoms with E-state index in [-0.39, 0.29) is 6.04 Å². The van der Waals surface area contributed by atoms with Crippen molar-refractivity contribution in [1.82, 2.24) is 4.98 Å². The Morgan fingerprint density at radius 1 is 1.20 bits per heavy atom. The highest BCUT2D eigenvalue weighted by atomic mass is 14.7. The van der Waals surface area contributed by atoms with Crippen molar-refractivity contribution in [3.8, 4) is 0 Å². The van der Waals surface area contributed by atoms with Gasteiger partial charge in [0.1, 0.15) is 0 Å². The van der Waals surface area contributed by atoms with E-state index in [9.17, 15) is 0 Å². The lowest BCUT2D eigenvalue weighted by Gasteiger charge is -2.10. The Kier molecular flexibility index (Phi) is 2.45. The van der Waals surface area contributed by atoms with Gasteiger partial charge in [0.05, 0.1) is 5.52 Å². The van der Waals surface area contributed by atoms with Gasteiger partial charge in [-0.3, -0.25) is 4.98 Å². The summed E-state index contributed by atoms with van der Waals surface area (Å²) in [5.74, 6) is 0. The molecule has 0 amide bonds. The number of rotatable bonds is 1. The van der Waals surface area contributed by atoms with Crippen LogP contribution in [0.3, 0.4) is 0 Å². The lowest BCUT2D eigenvalue weighted by Crippen LogP contribution is -2.05. The number of nitrogens with zero attached hydrogens (tertiary/aromatic N) is 1. The summed E-state index contributed by atoms with van der Waals surface area (Å²) < 4.78 is 0. The van der Waals surface area contributed by atoms with Gasteiger partial charge >= 0.3 is 0 Å². The van der Waals surface area contributed by atoms with Crippen LogP contribution >= 0.6 is 0 Å². The standard InChI is InChI=1S/C13H16N2/c1-8-4-5-15-13-9(2)6-11(10(3)14)7-12(8)13/h4-7,10H,14H2,1-3H3. The van der Waals surface area contributed by atoms with Gasteiger partial charge in [-0.15, -0.1) is 0 Å². The molecule has 1 atom stereocenters. The average Bonchev–Trinajstić information content (AvgIpc) is 2.19. The van der Waals surface area contributed by atoms with Gasteiger partial charge in [0.2, 0.25) is 0 Å². The highest BCUT2D eigenvalue weighted by Crippen LogP contribution is 2.23. The van der Waals surface area contributed by atoms with Crippen molar-refractivity contribution in [1.29, 1.82) is 0 Å². The Morgan fingerprint density at radius 3 is 2.60 bits per heavy atom. The fourth-order valence-electron chi connectivity index (χ4n) is 1.86. The van der Waals surface area contributed by atoms with E-state index in [0.717, 1.165) is 5.52 Å². The zero-order valence-electron chi connectivity index (χ0n) is 9.41. The number of fused-ring (bicyclic) bond motifs is 1. The van der Waals surface area contributed by atoms with Crippen LogP contribution in [0.15, 0.2) is 24.4 Å². The number of nitrogens with two attached hydrogens (primary N) is 1. The molecule has 0 bridgehead atoms. The van der Waals surface area contributed by atoms with Crippen LogP contribution in [0, 0.1) is 13.8 Å². The first-order valence-corrected chi connectivity index (χ1v) is 5.21. The molecule has 1 unspecified atom stereocenters. The maximum atomic E-state index is 5.90. The van der Waals surface area contributed by atoms with Crippen molar-refractivity contribution < 1.29 is 0 Å². The normalized spacial score (nSPS) is 13.1. The summed E-state index contributed by atoms with van der Waals surface area (Å²) in [6, 6.07) is 6.38. The summed E-state index contributed by atoms with van der Waals surface area (Å²) >= 11 is 0. The molecular weight excluding hydrogens is 184 g/mol. The SMILES string of the molecule is Cc1ccnc2c(C)cc(C(C)N)cc12. The van der Waals surface area contributed by atoms with Crippen LogP contribution in [0.1, 0.15) is 29.7 Å². The molecule has 0 spiro atoms. The highest BCUT2D eigenvalue weighted by Gasteiger charge is 2.06. The average molecular weight is 200 g/mol. The summed E-state index contributed by atoms with van der Waals surface area (Å²) in [4.78, 5) is 4.40. The molecule has 2 rings (SSSR count). The number of hydrogen-bond acceptors (Lipinski definition) is 2. The Labute approximate surface area is 90.1 Å². The van der Waals surface area contributed by atoms with Gasteiger partial charge in [0.25, 0.3) is 0 Å². The summed E-state index contributed by atoms with van der Waals surface area (Å²) in [6.07, 6.45) is 1.86. The smallest absolute Gasteiger partial charge is 0.0733 e. The molecule has 0 radical (unpaired) electrons. The summed E-state index contributed by atoms with van der Waals surface area (Å²) in [6.45, 7) is 6.20. The minimum Gasteiger partial charge on any atom is -0.324 e. The number of aryl methyl sites for hydroxylation is 2. The Balaban J connectivity index is 2.80. The maximum Gasteiger partial charge on any atom is 0.0733 e. The van der Waals surface area contributed by atoms with Gasteiger partial charge in [-0.05, 0) is 49.6 Å². The molecule has 1 aromatic heterocycles. The van der Waals surface area contributed by atoms with Crippen LogP contribution in [0.2, 0.25) is 0 Å². The molecule has 0 aliphatic heterocycles. The first-order valence-electron chi connectivity index (χ1n) is 5.21. The molecule has 78 valence electrons. The van der Waals surface area contributed by atoms with Crippen molar-refractivity contribution in [3.05, 3.63) is 41.1 Å². The molecule has 2 nitrogen and oxygen atoms in total. The van der Waals surface area contributed by atoms with Crippen LogP contribution in [-0.2, 0) is 0 Å². The fraction of sp³-hybridized carbons (Fsp3) is 0.308. The third kappa shape index (κ3) is 1.73. The second-order valence-electron chi connectivity index (χ2n) is 4.15. The van der Waals surface area contributed by atoms with Crippen molar-refractivity contribution >= 4 is 10.9 Å². The van der Waals surface area contributed by atoms with Gasteiger partial charge in [-0.1, -0.05) is 6.07 Å². The molecule has 0 saturated carbocycles. The van der Waals surface area contributed by atoms with E-state index >= 15 is 0 Å². The Hall–Kier alpha value is -1.41. The van der Waals surface area contributed by atoms with Crippen molar-refractivity contribution in [2.24, 2.45) is 5.73 Å². The number of benzene rings is 1. The van der Waals surface area contributed by atoms with Crippen molar-refractivity contribution in [3.63, 3.8) is 0 Å². The largest absolute Gasteiger partial charge is 0.324 e. The van der Waals surface area contributed by atoms with E-state index in [1.807, 2.05) is 19.2 Å². The van der Waals surface area contributed by atoms with Gasteiger partial charge < -0.3 is 5.73 Å². The first kappa shape index (κ1) is 10.1. The van der Waals surface area contributed by atoms with Crippen LogP contribution < -0.4 is 5.73 Å². The quantitative estimate of drug-likeness (QED) is 0.768. The minimum atomic E-state index is 0.0766. The zero-order valence-corrected chi connectivity index (χ0v) is 9.41. The number of pyridine rings is 1. The van der Waals surface area contributed by atoms with Crippen LogP contribution in [0.25, 0.3) is 10.9 Å². The molecule has 2 aromatic rings. The number of hydrogen-bond donors (Lipinski definition) is 1.